The van der Waals surface area contributed by atoms with Crippen LogP contribution in [0.2, 0.25) is 0 Å². The predicted octanol–water partition coefficient (Wildman–Crippen LogP) is 5.16. The molecule has 0 saturated heterocycles. The number of hydrogen-bond acceptors (Lipinski definition) is 3. The van der Waals surface area contributed by atoms with Crippen molar-refractivity contribution in [2.45, 2.75) is 38.6 Å². The van der Waals surface area contributed by atoms with Gasteiger partial charge < -0.3 is 15.0 Å². The zero-order chi connectivity index (χ0) is 17.8. The van der Waals surface area contributed by atoms with Crippen molar-refractivity contribution >= 4 is 11.0 Å². The van der Waals surface area contributed by atoms with E-state index in [0.717, 1.165) is 29.1 Å². The SMILES string of the molecule is Fc1cc(CNCC2CCCCC2)ccc1Oc1ccc2nc[nH]c2c1. The van der Waals surface area contributed by atoms with Crippen molar-refractivity contribution in [3.8, 4) is 11.5 Å². The molecule has 1 aliphatic rings. The third-order valence-corrected chi connectivity index (χ3v) is 5.10. The predicted molar refractivity (Wildman–Crippen MR) is 101 cm³/mol. The molecule has 1 aliphatic carbocycles. The van der Waals surface area contributed by atoms with Crippen LogP contribution in [0.5, 0.6) is 11.5 Å². The molecule has 4 rings (SSSR count). The Hall–Kier alpha value is -2.40. The highest BCUT2D eigenvalue weighted by molar-refractivity contribution is 5.76. The van der Waals surface area contributed by atoms with E-state index in [1.807, 2.05) is 18.2 Å². The fraction of sp³-hybridized carbons (Fsp3) is 0.381. The molecule has 0 radical (unpaired) electrons. The number of halogens is 1. The molecule has 26 heavy (non-hydrogen) atoms. The molecule has 2 N–H and O–H groups in total. The minimum absolute atomic E-state index is 0.236. The van der Waals surface area contributed by atoms with Crippen molar-refractivity contribution in [1.29, 1.82) is 0 Å². The number of rotatable bonds is 6. The minimum atomic E-state index is -0.341. The van der Waals surface area contributed by atoms with Crippen LogP contribution in [0.3, 0.4) is 0 Å². The lowest BCUT2D eigenvalue weighted by Gasteiger charge is -2.21. The number of aromatic amines is 1. The second kappa shape index (κ2) is 7.87. The van der Waals surface area contributed by atoms with Gasteiger partial charge in [0.05, 0.1) is 17.4 Å². The highest BCUT2D eigenvalue weighted by Gasteiger charge is 2.13. The van der Waals surface area contributed by atoms with Gasteiger partial charge in [-0.25, -0.2) is 9.37 Å². The molecule has 1 fully saturated rings. The maximum atomic E-state index is 14.4. The summed E-state index contributed by atoms with van der Waals surface area (Å²) in [6.45, 7) is 1.71. The van der Waals surface area contributed by atoms with Crippen LogP contribution in [0, 0.1) is 11.7 Å². The molecular formula is C21H24FN3O. The van der Waals surface area contributed by atoms with E-state index in [4.69, 9.17) is 4.74 Å². The van der Waals surface area contributed by atoms with Gasteiger partial charge in [-0.15, -0.1) is 0 Å². The van der Waals surface area contributed by atoms with Gasteiger partial charge in [-0.1, -0.05) is 25.3 Å². The van der Waals surface area contributed by atoms with E-state index in [9.17, 15) is 4.39 Å². The third kappa shape index (κ3) is 4.05. The van der Waals surface area contributed by atoms with Gasteiger partial charge in [0.25, 0.3) is 0 Å². The number of aromatic nitrogens is 2. The number of nitrogens with one attached hydrogen (secondary N) is 2. The first-order valence-electron chi connectivity index (χ1n) is 9.38. The van der Waals surface area contributed by atoms with Crippen LogP contribution in [0.4, 0.5) is 4.39 Å². The molecule has 5 heteroatoms. The molecule has 0 spiro atoms. The molecule has 1 aromatic heterocycles. The topological polar surface area (TPSA) is 49.9 Å². The van der Waals surface area contributed by atoms with Crippen LogP contribution in [0.15, 0.2) is 42.7 Å². The second-order valence-corrected chi connectivity index (χ2v) is 7.08. The molecule has 0 unspecified atom stereocenters. The average Bonchev–Trinajstić information content (AvgIpc) is 3.13. The van der Waals surface area contributed by atoms with Gasteiger partial charge in [0.15, 0.2) is 11.6 Å². The van der Waals surface area contributed by atoms with E-state index in [1.165, 1.54) is 32.1 Å². The standard InChI is InChI=1S/C21H24FN3O/c22-18-10-16(13-23-12-15-4-2-1-3-5-15)6-9-21(18)26-17-7-8-19-20(11-17)25-14-24-19/h6-11,14-15,23H,1-5,12-13H2,(H,24,25). The Morgan fingerprint density at radius 1 is 1.12 bits per heavy atom. The number of hydrogen-bond donors (Lipinski definition) is 2. The lowest BCUT2D eigenvalue weighted by Crippen LogP contribution is -2.24. The molecule has 2 aromatic carbocycles. The van der Waals surface area contributed by atoms with Gasteiger partial charge in [-0.2, -0.15) is 0 Å². The monoisotopic (exact) mass is 353 g/mol. The molecular weight excluding hydrogens is 329 g/mol. The minimum Gasteiger partial charge on any atom is -0.454 e. The van der Waals surface area contributed by atoms with Crippen molar-refractivity contribution in [2.75, 3.05) is 6.54 Å². The summed E-state index contributed by atoms with van der Waals surface area (Å²) in [5.41, 5.74) is 2.67. The van der Waals surface area contributed by atoms with Crippen LogP contribution in [0.25, 0.3) is 11.0 Å². The third-order valence-electron chi connectivity index (χ3n) is 5.10. The Labute approximate surface area is 152 Å². The summed E-state index contributed by atoms with van der Waals surface area (Å²) in [5.74, 6) is 1.25. The molecule has 0 amide bonds. The Morgan fingerprint density at radius 3 is 2.85 bits per heavy atom. The molecule has 136 valence electrons. The van der Waals surface area contributed by atoms with Crippen molar-refractivity contribution in [1.82, 2.24) is 15.3 Å². The number of fused-ring (bicyclic) bond motifs is 1. The highest BCUT2D eigenvalue weighted by Crippen LogP contribution is 2.27. The fourth-order valence-corrected chi connectivity index (χ4v) is 3.65. The second-order valence-electron chi connectivity index (χ2n) is 7.08. The summed E-state index contributed by atoms with van der Waals surface area (Å²) in [6.07, 6.45) is 8.32. The molecule has 4 nitrogen and oxygen atoms in total. The van der Waals surface area contributed by atoms with Crippen LogP contribution in [0.1, 0.15) is 37.7 Å². The van der Waals surface area contributed by atoms with E-state index in [2.05, 4.69) is 15.3 Å². The Kier molecular flexibility index (Phi) is 5.16. The zero-order valence-electron chi connectivity index (χ0n) is 14.8. The van der Waals surface area contributed by atoms with Gasteiger partial charge in [0.1, 0.15) is 5.75 Å². The maximum Gasteiger partial charge on any atom is 0.166 e. The number of nitrogens with zero attached hydrogens (tertiary/aromatic N) is 1. The van der Waals surface area contributed by atoms with Crippen molar-refractivity contribution in [3.63, 3.8) is 0 Å². The molecule has 1 heterocycles. The van der Waals surface area contributed by atoms with Crippen molar-refractivity contribution < 1.29 is 9.13 Å². The lowest BCUT2D eigenvalue weighted by molar-refractivity contribution is 0.342. The normalized spacial score (nSPS) is 15.4. The smallest absolute Gasteiger partial charge is 0.166 e. The molecule has 0 bridgehead atoms. The first-order chi connectivity index (χ1) is 12.8. The van der Waals surface area contributed by atoms with E-state index in [1.54, 1.807) is 24.5 Å². The van der Waals surface area contributed by atoms with Crippen LogP contribution in [-0.4, -0.2) is 16.5 Å². The van der Waals surface area contributed by atoms with Crippen molar-refractivity contribution in [3.05, 3.63) is 54.1 Å². The number of imidazole rings is 1. The highest BCUT2D eigenvalue weighted by atomic mass is 19.1. The first kappa shape index (κ1) is 17.0. The lowest BCUT2D eigenvalue weighted by atomic mass is 9.89. The summed E-state index contributed by atoms with van der Waals surface area (Å²) in [5, 5.41) is 3.47. The Balaban J connectivity index is 1.35. The van der Waals surface area contributed by atoms with E-state index >= 15 is 0 Å². The van der Waals surface area contributed by atoms with E-state index < -0.39 is 0 Å². The average molecular weight is 353 g/mol. The van der Waals surface area contributed by atoms with Gasteiger partial charge >= 0.3 is 0 Å². The summed E-state index contributed by atoms with van der Waals surface area (Å²) in [7, 11) is 0. The van der Waals surface area contributed by atoms with Crippen molar-refractivity contribution in [2.24, 2.45) is 5.92 Å². The molecule has 0 aliphatic heterocycles. The van der Waals surface area contributed by atoms with Gasteiger partial charge in [0.2, 0.25) is 0 Å². The van der Waals surface area contributed by atoms with Gasteiger partial charge in [-0.05, 0) is 55.1 Å². The van der Waals surface area contributed by atoms with Crippen LogP contribution in [-0.2, 0) is 6.54 Å². The summed E-state index contributed by atoms with van der Waals surface area (Å²) in [4.78, 5) is 7.19. The molecule has 1 saturated carbocycles. The van der Waals surface area contributed by atoms with E-state index in [-0.39, 0.29) is 11.6 Å². The number of benzene rings is 2. The maximum absolute atomic E-state index is 14.4. The Bertz CT molecular complexity index is 871. The largest absolute Gasteiger partial charge is 0.454 e. The molecule has 0 atom stereocenters. The summed E-state index contributed by atoms with van der Waals surface area (Å²) >= 11 is 0. The van der Waals surface area contributed by atoms with Gasteiger partial charge in [-0.3, -0.25) is 0 Å². The van der Waals surface area contributed by atoms with Crippen LogP contribution >= 0.6 is 0 Å². The van der Waals surface area contributed by atoms with E-state index in [0.29, 0.717) is 12.3 Å². The Morgan fingerprint density at radius 2 is 2.00 bits per heavy atom. The summed E-state index contributed by atoms with van der Waals surface area (Å²) in [6, 6.07) is 10.6. The van der Waals surface area contributed by atoms with Crippen LogP contribution < -0.4 is 10.1 Å². The van der Waals surface area contributed by atoms with Gasteiger partial charge in [0, 0.05) is 12.6 Å². The molecule has 3 aromatic rings. The summed E-state index contributed by atoms with van der Waals surface area (Å²) < 4.78 is 20.1. The number of ether oxygens (including phenoxy) is 1. The fourth-order valence-electron chi connectivity index (χ4n) is 3.65. The number of H-pyrrole nitrogens is 1. The first-order valence-corrected chi connectivity index (χ1v) is 9.38. The zero-order valence-corrected chi connectivity index (χ0v) is 14.8. The quantitative estimate of drug-likeness (QED) is 0.643.